The minimum Gasteiger partial charge on any atom is -0.489 e. The van der Waals surface area contributed by atoms with Crippen molar-refractivity contribution >= 4 is 28.4 Å². The van der Waals surface area contributed by atoms with Crippen LogP contribution in [-0.4, -0.2) is 78.9 Å². The standard InChI is InChI=1S/C27H40N4O6S/c1-5-9-22(23-17-21(35-13-6-2)18-24(32)37-23)28-26(33)27(4)19-38-25(29-27)20(3)30-36-14-8-7-10-31-11-15-34-16-12-31/h6,17-18,22H,2,5,7-16,19H2,1,3-4H3,(H,28,33)/t22-,27?/m1/s1. The van der Waals surface area contributed by atoms with Crippen LogP contribution >= 0.6 is 11.8 Å². The summed E-state index contributed by atoms with van der Waals surface area (Å²) in [6.45, 7) is 14.7. The summed E-state index contributed by atoms with van der Waals surface area (Å²) in [5.74, 6) is 0.967. The van der Waals surface area contributed by atoms with Gasteiger partial charge in [-0.2, -0.15) is 0 Å². The minimum atomic E-state index is -0.974. The number of unbranched alkanes of at least 4 members (excludes halogenated alkanes) is 1. The molecule has 2 aliphatic heterocycles. The van der Waals surface area contributed by atoms with Gasteiger partial charge in [0, 0.05) is 24.9 Å². The number of hydrogen-bond donors (Lipinski definition) is 1. The smallest absolute Gasteiger partial charge is 0.339 e. The molecule has 210 valence electrons. The summed E-state index contributed by atoms with van der Waals surface area (Å²) in [4.78, 5) is 38.0. The van der Waals surface area contributed by atoms with E-state index >= 15 is 0 Å². The number of carbonyl (C=O) groups is 1. The highest BCUT2D eigenvalue weighted by atomic mass is 32.2. The van der Waals surface area contributed by atoms with Crippen molar-refractivity contribution in [2.24, 2.45) is 10.1 Å². The van der Waals surface area contributed by atoms with E-state index in [1.807, 2.05) is 13.8 Å². The maximum atomic E-state index is 13.3. The van der Waals surface area contributed by atoms with Gasteiger partial charge in [0.1, 0.15) is 41.0 Å². The first-order chi connectivity index (χ1) is 18.3. The first-order valence-corrected chi connectivity index (χ1v) is 14.2. The molecule has 0 aromatic carbocycles. The Labute approximate surface area is 228 Å². The van der Waals surface area contributed by atoms with Crippen LogP contribution in [0.5, 0.6) is 5.75 Å². The van der Waals surface area contributed by atoms with E-state index in [-0.39, 0.29) is 12.5 Å². The van der Waals surface area contributed by atoms with Gasteiger partial charge in [-0.05, 0) is 39.7 Å². The average Bonchev–Trinajstić information content (AvgIpc) is 3.33. The fourth-order valence-electron chi connectivity index (χ4n) is 4.08. The molecule has 0 saturated carbocycles. The Kier molecular flexibility index (Phi) is 11.9. The van der Waals surface area contributed by atoms with Crippen LogP contribution in [0, 0.1) is 0 Å². The van der Waals surface area contributed by atoms with Gasteiger partial charge in [-0.15, -0.1) is 11.8 Å². The Hall–Kier alpha value is -2.63. The SMILES string of the molecule is C=CCOc1cc([C@@H](CCC)NC(=O)C2(C)CSC(C(C)=NOCCCCN3CCOCC3)=N2)oc(=O)c1. The lowest BCUT2D eigenvalue weighted by Crippen LogP contribution is -2.45. The molecule has 3 rings (SSSR count). The minimum absolute atomic E-state index is 0.240. The Balaban J connectivity index is 1.55. The van der Waals surface area contributed by atoms with E-state index in [9.17, 15) is 9.59 Å². The number of hydrogen-bond acceptors (Lipinski definition) is 10. The Morgan fingerprint density at radius 3 is 2.89 bits per heavy atom. The third kappa shape index (κ3) is 8.99. The lowest BCUT2D eigenvalue weighted by Gasteiger charge is -2.26. The van der Waals surface area contributed by atoms with E-state index in [1.165, 1.54) is 17.8 Å². The summed E-state index contributed by atoms with van der Waals surface area (Å²) < 4.78 is 16.3. The predicted octanol–water partition coefficient (Wildman–Crippen LogP) is 3.57. The van der Waals surface area contributed by atoms with Gasteiger partial charge >= 0.3 is 5.63 Å². The van der Waals surface area contributed by atoms with Crippen molar-refractivity contribution in [3.63, 3.8) is 0 Å². The van der Waals surface area contributed by atoms with E-state index in [0.29, 0.717) is 41.0 Å². The number of morpholine rings is 1. The molecule has 11 heteroatoms. The van der Waals surface area contributed by atoms with Crippen LogP contribution in [0.2, 0.25) is 0 Å². The van der Waals surface area contributed by atoms with Crippen LogP contribution in [-0.2, 0) is 14.4 Å². The first-order valence-electron chi connectivity index (χ1n) is 13.2. The molecule has 1 aromatic heterocycles. The molecule has 0 bridgehead atoms. The number of aliphatic imine (C=N–C) groups is 1. The van der Waals surface area contributed by atoms with E-state index in [0.717, 1.165) is 52.1 Å². The number of rotatable bonds is 15. The van der Waals surface area contributed by atoms with E-state index < -0.39 is 17.2 Å². The van der Waals surface area contributed by atoms with Gasteiger partial charge in [0.2, 0.25) is 5.91 Å². The number of oxime groups is 1. The van der Waals surface area contributed by atoms with Crippen LogP contribution in [0.3, 0.4) is 0 Å². The maximum Gasteiger partial charge on any atom is 0.339 e. The highest BCUT2D eigenvalue weighted by Crippen LogP contribution is 2.30. The van der Waals surface area contributed by atoms with E-state index in [1.54, 1.807) is 19.1 Å². The Morgan fingerprint density at radius 1 is 1.37 bits per heavy atom. The van der Waals surface area contributed by atoms with Gasteiger partial charge in [-0.25, -0.2) is 4.79 Å². The van der Waals surface area contributed by atoms with Crippen LogP contribution in [0.15, 0.2) is 44.1 Å². The molecule has 2 aliphatic rings. The van der Waals surface area contributed by atoms with Crippen molar-refractivity contribution in [1.82, 2.24) is 10.2 Å². The quantitative estimate of drug-likeness (QED) is 0.153. The molecule has 0 radical (unpaired) electrons. The zero-order valence-corrected chi connectivity index (χ0v) is 23.5. The largest absolute Gasteiger partial charge is 0.489 e. The fraction of sp³-hybridized carbons (Fsp3) is 0.630. The zero-order chi connectivity index (χ0) is 27.4. The average molecular weight is 549 g/mol. The van der Waals surface area contributed by atoms with E-state index in [4.69, 9.17) is 18.7 Å². The fourth-order valence-corrected chi connectivity index (χ4v) is 5.20. The molecular weight excluding hydrogens is 508 g/mol. The molecular formula is C27H40N4O6S. The molecule has 2 atom stereocenters. The number of nitrogens with zero attached hydrogens (tertiary/aromatic N) is 3. The monoisotopic (exact) mass is 548 g/mol. The third-order valence-corrected chi connectivity index (χ3v) is 7.63. The van der Waals surface area contributed by atoms with Crippen molar-refractivity contribution in [2.75, 3.05) is 51.8 Å². The lowest BCUT2D eigenvalue weighted by atomic mass is 10.0. The summed E-state index contributed by atoms with van der Waals surface area (Å²) in [6.07, 6.45) is 4.94. The van der Waals surface area contributed by atoms with Gasteiger partial charge in [0.25, 0.3) is 0 Å². The van der Waals surface area contributed by atoms with Crippen molar-refractivity contribution in [1.29, 1.82) is 0 Å². The number of amides is 1. The van der Waals surface area contributed by atoms with E-state index in [2.05, 4.69) is 26.9 Å². The van der Waals surface area contributed by atoms with Crippen LogP contribution in [0.4, 0.5) is 0 Å². The maximum absolute atomic E-state index is 13.3. The predicted molar refractivity (Wildman–Crippen MR) is 150 cm³/mol. The lowest BCUT2D eigenvalue weighted by molar-refractivity contribution is -0.125. The highest BCUT2D eigenvalue weighted by molar-refractivity contribution is 8.16. The summed E-state index contributed by atoms with van der Waals surface area (Å²) in [5, 5.41) is 7.94. The van der Waals surface area contributed by atoms with Gasteiger partial charge in [0.05, 0.1) is 25.3 Å². The summed E-state index contributed by atoms with van der Waals surface area (Å²) in [5.41, 5.74) is -0.853. The Bertz CT molecular complexity index is 1050. The molecule has 0 spiro atoms. The third-order valence-electron chi connectivity index (χ3n) is 6.26. The molecule has 10 nitrogen and oxygen atoms in total. The van der Waals surface area contributed by atoms with Crippen molar-refractivity contribution in [3.05, 3.63) is 41.0 Å². The molecule has 1 unspecified atom stereocenters. The van der Waals surface area contributed by atoms with Gasteiger partial charge in [-0.1, -0.05) is 31.2 Å². The highest BCUT2D eigenvalue weighted by Gasteiger charge is 2.40. The summed E-state index contributed by atoms with van der Waals surface area (Å²) >= 11 is 1.48. The summed E-state index contributed by atoms with van der Waals surface area (Å²) in [6, 6.07) is 2.43. The number of carbonyl (C=O) groups excluding carboxylic acids is 1. The molecule has 0 aliphatic carbocycles. The molecule has 1 fully saturated rings. The molecule has 3 heterocycles. The summed E-state index contributed by atoms with van der Waals surface area (Å²) in [7, 11) is 0. The number of ether oxygens (including phenoxy) is 2. The second-order valence-corrected chi connectivity index (χ2v) is 10.5. The molecule has 1 amide bonds. The molecule has 1 N–H and O–H groups in total. The van der Waals surface area contributed by atoms with Gasteiger partial charge in [-0.3, -0.25) is 14.7 Å². The van der Waals surface area contributed by atoms with Gasteiger partial charge < -0.3 is 24.0 Å². The number of nitrogens with one attached hydrogen (secondary N) is 1. The second kappa shape index (κ2) is 15.1. The van der Waals surface area contributed by atoms with Crippen LogP contribution in [0.25, 0.3) is 0 Å². The second-order valence-electron chi connectivity index (χ2n) is 9.58. The normalized spacial score (nSPS) is 21.0. The Morgan fingerprint density at radius 2 is 2.16 bits per heavy atom. The van der Waals surface area contributed by atoms with Crippen LogP contribution < -0.4 is 15.7 Å². The first kappa shape index (κ1) is 29.9. The van der Waals surface area contributed by atoms with Crippen molar-refractivity contribution in [2.45, 2.75) is 58.0 Å². The van der Waals surface area contributed by atoms with Crippen LogP contribution in [0.1, 0.15) is 58.3 Å². The molecule has 1 saturated heterocycles. The van der Waals surface area contributed by atoms with Crippen molar-refractivity contribution in [3.8, 4) is 5.75 Å². The molecule has 1 aromatic rings. The topological polar surface area (TPSA) is 115 Å². The van der Waals surface area contributed by atoms with Gasteiger partial charge in [0.15, 0.2) is 0 Å². The van der Waals surface area contributed by atoms with Crippen molar-refractivity contribution < 1.29 is 23.5 Å². The number of thioether (sulfide) groups is 1. The zero-order valence-electron chi connectivity index (χ0n) is 22.7. The molecule has 38 heavy (non-hydrogen) atoms.